The lowest BCUT2D eigenvalue weighted by atomic mass is 10.1. The lowest BCUT2D eigenvalue weighted by Crippen LogP contribution is -2.45. The van der Waals surface area contributed by atoms with Crippen LogP contribution in [0.3, 0.4) is 0 Å². The molecule has 0 saturated heterocycles. The fourth-order valence-corrected chi connectivity index (χ4v) is 1.35. The molecule has 7 nitrogen and oxygen atoms in total. The molecule has 0 bridgehead atoms. The molecule has 0 fully saturated rings. The van der Waals surface area contributed by atoms with Gasteiger partial charge < -0.3 is 20.7 Å². The van der Waals surface area contributed by atoms with Crippen LogP contribution >= 0.6 is 0 Å². The minimum absolute atomic E-state index is 0.0543. The lowest BCUT2D eigenvalue weighted by Gasteiger charge is -2.13. The molecular formula is C11H16N4O3. The van der Waals surface area contributed by atoms with Crippen LogP contribution in [-0.4, -0.2) is 46.1 Å². The maximum atomic E-state index is 11.5. The molecule has 0 spiro atoms. The van der Waals surface area contributed by atoms with Crippen LogP contribution in [0.25, 0.3) is 0 Å². The summed E-state index contributed by atoms with van der Waals surface area (Å²) >= 11 is 0. The second-order valence-electron chi connectivity index (χ2n) is 3.66. The highest BCUT2D eigenvalue weighted by molar-refractivity contribution is 5.84. The van der Waals surface area contributed by atoms with Gasteiger partial charge in [0.25, 0.3) is 0 Å². The van der Waals surface area contributed by atoms with E-state index in [4.69, 9.17) is 5.11 Å². The number of aliphatic carboxylic acids is 1. The predicted molar refractivity (Wildman–Crippen MR) is 64.9 cm³/mol. The molecule has 1 heterocycles. The van der Waals surface area contributed by atoms with Crippen molar-refractivity contribution in [3.8, 4) is 0 Å². The first kappa shape index (κ1) is 13.9. The van der Waals surface area contributed by atoms with Crippen LogP contribution in [0.1, 0.15) is 5.69 Å². The molecule has 1 aromatic rings. The van der Waals surface area contributed by atoms with Crippen molar-refractivity contribution in [2.75, 3.05) is 13.1 Å². The fourth-order valence-electron chi connectivity index (χ4n) is 1.35. The Balaban J connectivity index is 2.45. The molecule has 18 heavy (non-hydrogen) atoms. The average Bonchev–Trinajstić information content (AvgIpc) is 2.81. The summed E-state index contributed by atoms with van der Waals surface area (Å²) in [4.78, 5) is 29.1. The van der Waals surface area contributed by atoms with Crippen LogP contribution < -0.4 is 10.6 Å². The van der Waals surface area contributed by atoms with Gasteiger partial charge in [0, 0.05) is 24.9 Å². The zero-order valence-electron chi connectivity index (χ0n) is 9.85. The van der Waals surface area contributed by atoms with Crippen molar-refractivity contribution < 1.29 is 14.7 Å². The molecule has 1 unspecified atom stereocenters. The number of amides is 1. The number of carboxylic acid groups (broad SMARTS) is 1. The van der Waals surface area contributed by atoms with Crippen molar-refractivity contribution in [2.24, 2.45) is 0 Å². The summed E-state index contributed by atoms with van der Waals surface area (Å²) in [7, 11) is 0. The molecule has 1 aromatic heterocycles. The van der Waals surface area contributed by atoms with Crippen molar-refractivity contribution in [3.63, 3.8) is 0 Å². The molecular weight excluding hydrogens is 236 g/mol. The van der Waals surface area contributed by atoms with Gasteiger partial charge in [-0.05, 0) is 0 Å². The van der Waals surface area contributed by atoms with Gasteiger partial charge in [0.2, 0.25) is 5.91 Å². The molecule has 98 valence electrons. The Morgan fingerprint density at radius 1 is 1.61 bits per heavy atom. The van der Waals surface area contributed by atoms with Gasteiger partial charge in [-0.3, -0.25) is 4.79 Å². The number of nitrogens with one attached hydrogen (secondary N) is 3. The van der Waals surface area contributed by atoms with E-state index in [1.165, 1.54) is 12.5 Å². The monoisotopic (exact) mass is 252 g/mol. The Kier molecular flexibility index (Phi) is 5.59. The molecule has 1 amide bonds. The standard InChI is InChI=1S/C11H16N4O3/c1-2-3-12-6-10(16)15-9(11(17)18)4-8-5-13-7-14-8/h2,5,7,9,12H,1,3-4,6H2,(H,13,14)(H,15,16)(H,17,18). The summed E-state index contributed by atoms with van der Waals surface area (Å²) in [6.07, 6.45) is 4.77. The van der Waals surface area contributed by atoms with Crippen molar-refractivity contribution in [3.05, 3.63) is 30.9 Å². The van der Waals surface area contributed by atoms with Crippen molar-refractivity contribution in [2.45, 2.75) is 12.5 Å². The van der Waals surface area contributed by atoms with Crippen LogP contribution in [0.5, 0.6) is 0 Å². The Morgan fingerprint density at radius 3 is 2.94 bits per heavy atom. The highest BCUT2D eigenvalue weighted by Gasteiger charge is 2.20. The molecule has 0 saturated carbocycles. The molecule has 0 aliphatic carbocycles. The van der Waals surface area contributed by atoms with Gasteiger partial charge >= 0.3 is 5.97 Å². The summed E-state index contributed by atoms with van der Waals surface area (Å²) in [5.41, 5.74) is 0.654. The Morgan fingerprint density at radius 2 is 2.39 bits per heavy atom. The maximum Gasteiger partial charge on any atom is 0.326 e. The number of nitrogens with zero attached hydrogens (tertiary/aromatic N) is 1. The maximum absolute atomic E-state index is 11.5. The number of aromatic amines is 1. The van der Waals surface area contributed by atoms with Gasteiger partial charge in [-0.1, -0.05) is 6.08 Å². The number of hydrogen-bond acceptors (Lipinski definition) is 4. The van der Waals surface area contributed by atoms with Gasteiger partial charge in [0.1, 0.15) is 6.04 Å². The first-order chi connectivity index (χ1) is 8.63. The highest BCUT2D eigenvalue weighted by atomic mass is 16.4. The van der Waals surface area contributed by atoms with Gasteiger partial charge in [-0.25, -0.2) is 9.78 Å². The second-order valence-corrected chi connectivity index (χ2v) is 3.66. The van der Waals surface area contributed by atoms with E-state index in [1.54, 1.807) is 6.08 Å². The molecule has 1 rings (SSSR count). The molecule has 0 radical (unpaired) electrons. The van der Waals surface area contributed by atoms with E-state index < -0.39 is 12.0 Å². The Labute approximate surface area is 104 Å². The predicted octanol–water partition coefficient (Wildman–Crippen LogP) is -0.703. The molecule has 0 aromatic carbocycles. The van der Waals surface area contributed by atoms with E-state index in [1.807, 2.05) is 0 Å². The first-order valence-corrected chi connectivity index (χ1v) is 5.44. The van der Waals surface area contributed by atoms with Crippen LogP contribution in [-0.2, 0) is 16.0 Å². The van der Waals surface area contributed by atoms with E-state index in [0.717, 1.165) is 0 Å². The summed E-state index contributed by atoms with van der Waals surface area (Å²) in [6.45, 7) is 4.04. The van der Waals surface area contributed by atoms with Crippen LogP contribution in [0.15, 0.2) is 25.2 Å². The highest BCUT2D eigenvalue weighted by Crippen LogP contribution is 1.98. The third kappa shape index (κ3) is 4.79. The summed E-state index contributed by atoms with van der Waals surface area (Å²) in [6, 6.07) is -0.969. The SMILES string of the molecule is C=CCNCC(=O)NC(Cc1cnc[nH]1)C(=O)O. The number of carbonyl (C=O) groups is 2. The Hall–Kier alpha value is -2.15. The number of carboxylic acids is 1. The minimum Gasteiger partial charge on any atom is -0.480 e. The topological polar surface area (TPSA) is 107 Å². The first-order valence-electron chi connectivity index (χ1n) is 5.44. The van der Waals surface area contributed by atoms with Gasteiger partial charge in [0.05, 0.1) is 12.9 Å². The molecule has 4 N–H and O–H groups in total. The van der Waals surface area contributed by atoms with E-state index >= 15 is 0 Å². The molecule has 7 heteroatoms. The largest absolute Gasteiger partial charge is 0.480 e. The number of H-pyrrole nitrogens is 1. The average molecular weight is 252 g/mol. The smallest absolute Gasteiger partial charge is 0.326 e. The summed E-state index contributed by atoms with van der Waals surface area (Å²) in [5, 5.41) is 14.2. The Bertz CT molecular complexity index is 402. The fraction of sp³-hybridized carbons (Fsp3) is 0.364. The zero-order chi connectivity index (χ0) is 13.4. The number of hydrogen-bond donors (Lipinski definition) is 4. The second kappa shape index (κ2) is 7.23. The van der Waals surface area contributed by atoms with Crippen LogP contribution in [0.2, 0.25) is 0 Å². The number of aromatic nitrogens is 2. The van der Waals surface area contributed by atoms with Crippen molar-refractivity contribution >= 4 is 11.9 Å². The number of imidazole rings is 1. The van der Waals surface area contributed by atoms with Gasteiger partial charge in [-0.15, -0.1) is 6.58 Å². The number of rotatable bonds is 8. The zero-order valence-corrected chi connectivity index (χ0v) is 9.85. The van der Waals surface area contributed by atoms with Gasteiger partial charge in [-0.2, -0.15) is 0 Å². The van der Waals surface area contributed by atoms with Crippen molar-refractivity contribution in [1.29, 1.82) is 0 Å². The van der Waals surface area contributed by atoms with Gasteiger partial charge in [0.15, 0.2) is 0 Å². The molecule has 0 aliphatic heterocycles. The normalized spacial score (nSPS) is 11.8. The number of carbonyl (C=O) groups excluding carboxylic acids is 1. The van der Waals surface area contributed by atoms with Crippen LogP contribution in [0, 0.1) is 0 Å². The third-order valence-electron chi connectivity index (χ3n) is 2.19. The molecule has 0 aliphatic rings. The van der Waals surface area contributed by atoms with E-state index in [-0.39, 0.29) is 18.9 Å². The lowest BCUT2D eigenvalue weighted by molar-refractivity contribution is -0.141. The van der Waals surface area contributed by atoms with E-state index in [9.17, 15) is 9.59 Å². The minimum atomic E-state index is -1.08. The molecule has 1 atom stereocenters. The van der Waals surface area contributed by atoms with Crippen molar-refractivity contribution in [1.82, 2.24) is 20.6 Å². The summed E-state index contributed by atoms with van der Waals surface area (Å²) in [5.74, 6) is -1.45. The van der Waals surface area contributed by atoms with E-state index in [0.29, 0.717) is 12.2 Å². The summed E-state index contributed by atoms with van der Waals surface area (Å²) < 4.78 is 0. The van der Waals surface area contributed by atoms with Crippen LogP contribution in [0.4, 0.5) is 0 Å². The van der Waals surface area contributed by atoms with E-state index in [2.05, 4.69) is 27.2 Å². The quantitative estimate of drug-likeness (QED) is 0.361. The third-order valence-corrected chi connectivity index (χ3v) is 2.19.